The maximum absolute atomic E-state index is 12.3. The molecule has 0 saturated heterocycles. The van der Waals surface area contributed by atoms with E-state index in [2.05, 4.69) is 19.9 Å². The van der Waals surface area contributed by atoms with E-state index in [1.54, 1.807) is 60.7 Å². The molecule has 0 atom stereocenters. The van der Waals surface area contributed by atoms with Gasteiger partial charge in [0.1, 0.15) is 34.5 Å². The van der Waals surface area contributed by atoms with Crippen LogP contribution in [0.1, 0.15) is 45.3 Å². The smallest absolute Gasteiger partial charge is 0.182 e. The van der Waals surface area contributed by atoms with Crippen molar-refractivity contribution in [1.29, 1.82) is 0 Å². The van der Waals surface area contributed by atoms with Gasteiger partial charge in [-0.15, -0.1) is 0 Å². The Morgan fingerprint density at radius 3 is 1.07 bits per heavy atom. The molecular formula is C44H30N4O8. The van der Waals surface area contributed by atoms with Gasteiger partial charge in [0.15, 0.2) is 11.6 Å². The minimum Gasteiger partial charge on any atom is -0.508 e. The number of carbonyl (C=O) groups is 2. The van der Waals surface area contributed by atoms with Gasteiger partial charge in [0.2, 0.25) is 0 Å². The van der Waals surface area contributed by atoms with Crippen molar-refractivity contribution in [1.82, 2.24) is 19.9 Å². The third kappa shape index (κ3) is 5.65. The molecule has 9 rings (SSSR count). The molecule has 3 aliphatic rings. The lowest BCUT2D eigenvalue weighted by Gasteiger charge is -2.15. The van der Waals surface area contributed by atoms with Gasteiger partial charge < -0.3 is 50.6 Å². The monoisotopic (exact) mass is 742 g/mol. The summed E-state index contributed by atoms with van der Waals surface area (Å²) in [4.78, 5) is 38.4. The van der Waals surface area contributed by atoms with Gasteiger partial charge in [-0.05, 0) is 97.1 Å². The van der Waals surface area contributed by atoms with E-state index in [0.717, 1.165) is 12.2 Å². The van der Waals surface area contributed by atoms with Crippen molar-refractivity contribution in [2.45, 2.75) is 0 Å². The number of phenolic OH excluding ortho intramolecular Hbond substituents is 4. The molecule has 12 heteroatoms. The normalized spacial score (nSPS) is 20.0. The zero-order valence-electron chi connectivity index (χ0n) is 29.0. The number of aromatic nitrogens is 4. The minimum atomic E-state index is -0.382. The van der Waals surface area contributed by atoms with Crippen LogP contribution in [-0.2, 0) is 9.59 Å². The van der Waals surface area contributed by atoms with E-state index < -0.39 is 0 Å². The quantitative estimate of drug-likeness (QED) is 0.110. The number of nitrogens with one attached hydrogen (secondary N) is 4. The number of hydrogen-bond donors (Lipinski definition) is 10. The molecule has 274 valence electrons. The predicted octanol–water partition coefficient (Wildman–Crippen LogP) is 5.39. The molecule has 0 spiro atoms. The summed E-state index contributed by atoms with van der Waals surface area (Å²) >= 11 is 0. The van der Waals surface area contributed by atoms with Crippen LogP contribution in [0.3, 0.4) is 0 Å². The summed E-state index contributed by atoms with van der Waals surface area (Å²) in [6.07, 6.45) is 8.00. The third-order valence-corrected chi connectivity index (χ3v) is 9.88. The van der Waals surface area contributed by atoms with Crippen LogP contribution < -0.4 is 10.7 Å². The van der Waals surface area contributed by atoms with E-state index in [9.17, 15) is 40.2 Å². The van der Waals surface area contributed by atoms with E-state index in [0.29, 0.717) is 89.4 Å². The van der Waals surface area contributed by atoms with Gasteiger partial charge in [-0.25, -0.2) is 0 Å². The van der Waals surface area contributed by atoms with Crippen molar-refractivity contribution in [2.24, 2.45) is 0 Å². The SMILES string of the molecule is O=C1C=C/C(=C2/c3ccc([nH]3)/C(c3ccc(O)cc3O)=c3/cc/c([nH]3)=C(\c3ccc(O)cc3O)c3ccc([nH]3)/C(=C3\C=CC(=O)C=C3O)c3ccc2[nH]3)C(O)=C1. The molecule has 2 aliphatic carbocycles. The number of aromatic hydroxyl groups is 4. The highest BCUT2D eigenvalue weighted by molar-refractivity contribution is 6.05. The first-order valence-corrected chi connectivity index (χ1v) is 17.3. The second kappa shape index (κ2) is 12.8. The fraction of sp³-hybridized carbons (Fsp3) is 0. The molecule has 0 unspecified atom stereocenters. The standard InChI is InChI=1S/C44H30N4O8/c49-21-1-5-25(37(53)17-21)41-29-9-11-31(45-29)42(26-6-2-22(50)18-38(26)54)33-13-15-35(47-33)44(28-8-4-24(52)20-40(28)56)36-16-14-34(48-36)43(32-12-10-30(41)46-32)27-7-3-23(51)19-39(27)55/h1-20,45-50,53-56H/b41-29-,42-31-,43-27-,44-28+. The molecule has 6 aromatic rings. The van der Waals surface area contributed by atoms with Crippen molar-refractivity contribution in [3.63, 3.8) is 0 Å². The second-order valence-electron chi connectivity index (χ2n) is 13.4. The Morgan fingerprint density at radius 1 is 0.375 bits per heavy atom. The number of aliphatic hydroxyl groups excluding tert-OH is 2. The predicted molar refractivity (Wildman–Crippen MR) is 207 cm³/mol. The van der Waals surface area contributed by atoms with Gasteiger partial charge >= 0.3 is 0 Å². The number of fused-ring (bicyclic) bond motifs is 8. The van der Waals surface area contributed by atoms with E-state index in [-0.39, 0.29) is 46.1 Å². The molecule has 2 aromatic carbocycles. The number of benzene rings is 2. The number of allylic oxidation sites excluding steroid dienone is 6. The number of phenols is 4. The van der Waals surface area contributed by atoms with Gasteiger partial charge in [0, 0.05) is 114 Å². The molecule has 12 nitrogen and oxygen atoms in total. The zero-order valence-corrected chi connectivity index (χ0v) is 29.0. The fourth-order valence-electron chi connectivity index (χ4n) is 7.40. The minimum absolute atomic E-state index is 0.135. The summed E-state index contributed by atoms with van der Waals surface area (Å²) in [6.45, 7) is 0. The van der Waals surface area contributed by atoms with Crippen LogP contribution >= 0.6 is 0 Å². The molecule has 4 aromatic heterocycles. The Morgan fingerprint density at radius 2 is 0.732 bits per heavy atom. The lowest BCUT2D eigenvalue weighted by Crippen LogP contribution is -2.18. The average molecular weight is 743 g/mol. The first-order chi connectivity index (χ1) is 27.0. The highest BCUT2D eigenvalue weighted by Crippen LogP contribution is 2.39. The van der Waals surface area contributed by atoms with Crippen LogP contribution in [0.4, 0.5) is 0 Å². The van der Waals surface area contributed by atoms with E-state index in [1.165, 1.54) is 48.6 Å². The van der Waals surface area contributed by atoms with Crippen LogP contribution in [0.2, 0.25) is 0 Å². The maximum atomic E-state index is 12.3. The third-order valence-electron chi connectivity index (χ3n) is 9.88. The van der Waals surface area contributed by atoms with Gasteiger partial charge in [-0.3, -0.25) is 9.59 Å². The number of ketones is 2. The van der Waals surface area contributed by atoms with Crippen LogP contribution in [0.25, 0.3) is 22.3 Å². The number of H-pyrrole nitrogens is 4. The highest BCUT2D eigenvalue weighted by Gasteiger charge is 2.26. The lowest BCUT2D eigenvalue weighted by atomic mass is 9.96. The molecule has 0 saturated carbocycles. The van der Waals surface area contributed by atoms with E-state index >= 15 is 0 Å². The first kappa shape index (κ1) is 33.7. The Balaban J connectivity index is 1.44. The Labute approximate surface area is 316 Å². The molecule has 0 radical (unpaired) electrons. The molecule has 8 bridgehead atoms. The zero-order chi connectivity index (χ0) is 38.8. The maximum Gasteiger partial charge on any atom is 0.182 e. The summed E-state index contributed by atoms with van der Waals surface area (Å²) in [5, 5.41) is 66.2. The van der Waals surface area contributed by atoms with Gasteiger partial charge in [0.05, 0.1) is 0 Å². The van der Waals surface area contributed by atoms with E-state index in [4.69, 9.17) is 0 Å². The lowest BCUT2D eigenvalue weighted by molar-refractivity contribution is -0.111. The van der Waals surface area contributed by atoms with Gasteiger partial charge in [0.25, 0.3) is 0 Å². The van der Waals surface area contributed by atoms with Crippen molar-refractivity contribution < 1.29 is 40.2 Å². The first-order valence-electron chi connectivity index (χ1n) is 17.3. The number of aliphatic hydroxyl groups is 2. The topological polar surface area (TPSA) is 219 Å². The largest absolute Gasteiger partial charge is 0.508 e. The summed E-state index contributed by atoms with van der Waals surface area (Å²) < 4.78 is 0. The number of hydrogen-bond acceptors (Lipinski definition) is 8. The summed E-state index contributed by atoms with van der Waals surface area (Å²) in [6, 6.07) is 22.9. The molecule has 0 amide bonds. The van der Waals surface area contributed by atoms with Crippen molar-refractivity contribution in [2.75, 3.05) is 0 Å². The molecule has 56 heavy (non-hydrogen) atoms. The van der Waals surface area contributed by atoms with Crippen molar-refractivity contribution in [3.8, 4) is 23.0 Å². The molecule has 0 fully saturated rings. The van der Waals surface area contributed by atoms with Crippen LogP contribution in [0, 0.1) is 0 Å². The fourth-order valence-corrected chi connectivity index (χ4v) is 7.40. The second-order valence-corrected chi connectivity index (χ2v) is 13.4. The molecule has 10 N–H and O–H groups in total. The van der Waals surface area contributed by atoms with Gasteiger partial charge in [-0.2, -0.15) is 0 Å². The van der Waals surface area contributed by atoms with Crippen molar-refractivity contribution >= 4 is 33.9 Å². The number of aromatic amines is 4. The highest BCUT2D eigenvalue weighted by atomic mass is 16.3. The Hall–Kier alpha value is -8.12. The van der Waals surface area contributed by atoms with Crippen LogP contribution in [-0.4, -0.2) is 62.1 Å². The summed E-state index contributed by atoms with van der Waals surface area (Å²) in [5.74, 6) is -1.95. The van der Waals surface area contributed by atoms with E-state index in [1.807, 2.05) is 0 Å². The van der Waals surface area contributed by atoms with Crippen LogP contribution in [0.15, 0.2) is 144 Å². The number of rotatable bonds is 2. The van der Waals surface area contributed by atoms with Gasteiger partial charge in [-0.1, -0.05) is 0 Å². The summed E-state index contributed by atoms with van der Waals surface area (Å²) in [7, 11) is 0. The molecule has 1 aliphatic heterocycles. The van der Waals surface area contributed by atoms with Crippen LogP contribution in [0.5, 0.6) is 23.0 Å². The van der Waals surface area contributed by atoms with Crippen molar-refractivity contribution in [3.05, 3.63) is 200 Å². The average Bonchev–Trinajstić information content (AvgIpc) is 3.99. The number of carbonyl (C=O) groups excluding carboxylic acids is 2. The summed E-state index contributed by atoms with van der Waals surface area (Å²) in [5.41, 5.74) is 6.48. The molecular weight excluding hydrogens is 713 g/mol. The Kier molecular flexibility index (Phi) is 7.69. The Bertz CT molecular complexity index is 2830. The molecule has 5 heterocycles.